The molecule has 0 bridgehead atoms. The number of ether oxygens (including phenoxy) is 1. The summed E-state index contributed by atoms with van der Waals surface area (Å²) < 4.78 is 6.31. The lowest BCUT2D eigenvalue weighted by Crippen LogP contribution is -2.27. The number of aryl methyl sites for hydroxylation is 2. The fourth-order valence-electron chi connectivity index (χ4n) is 1.92. The van der Waals surface area contributed by atoms with Gasteiger partial charge >= 0.3 is 6.09 Å². The number of fused-ring (bicyclic) bond motifs is 1. The normalized spacial score (nSPS) is 11.0. The Morgan fingerprint density at radius 1 is 1.40 bits per heavy atom. The van der Waals surface area contributed by atoms with Gasteiger partial charge in [-0.25, -0.2) is 14.8 Å². The molecule has 2 aromatic rings. The fourth-order valence-corrected chi connectivity index (χ4v) is 2.18. The molecule has 0 saturated carbocycles. The molecule has 7 nitrogen and oxygen atoms in total. The second-order valence-corrected chi connectivity index (χ2v) is 4.64. The van der Waals surface area contributed by atoms with Crippen molar-refractivity contribution in [2.45, 2.75) is 20.3 Å². The Kier molecular flexibility index (Phi) is 4.10. The van der Waals surface area contributed by atoms with Crippen LogP contribution in [-0.2, 0) is 11.2 Å². The van der Waals surface area contributed by atoms with Crippen molar-refractivity contribution in [1.82, 2.24) is 14.7 Å². The van der Waals surface area contributed by atoms with Crippen LogP contribution in [-0.4, -0.2) is 34.5 Å². The van der Waals surface area contributed by atoms with Crippen LogP contribution in [0.1, 0.15) is 17.1 Å². The molecular formula is C12H15ClN4O3. The second kappa shape index (κ2) is 5.64. The molecule has 0 aliphatic heterocycles. The van der Waals surface area contributed by atoms with Gasteiger partial charge in [-0.1, -0.05) is 11.6 Å². The Morgan fingerprint density at radius 2 is 2.10 bits per heavy atom. The van der Waals surface area contributed by atoms with Crippen LogP contribution in [0.2, 0.25) is 5.15 Å². The molecule has 0 spiro atoms. The van der Waals surface area contributed by atoms with Gasteiger partial charge in [0, 0.05) is 19.2 Å². The van der Waals surface area contributed by atoms with Crippen LogP contribution in [0, 0.1) is 13.8 Å². The number of nitrogens with zero attached hydrogens (tertiary/aromatic N) is 3. The van der Waals surface area contributed by atoms with Crippen molar-refractivity contribution < 1.29 is 14.4 Å². The van der Waals surface area contributed by atoms with Gasteiger partial charge in [-0.05, 0) is 19.4 Å². The third kappa shape index (κ3) is 2.54. The summed E-state index contributed by atoms with van der Waals surface area (Å²) in [4.78, 5) is 24.7. The van der Waals surface area contributed by atoms with Gasteiger partial charge < -0.3 is 15.3 Å². The quantitative estimate of drug-likeness (QED) is 0.861. The van der Waals surface area contributed by atoms with E-state index in [2.05, 4.69) is 9.97 Å². The number of imidazole rings is 1. The van der Waals surface area contributed by atoms with Gasteiger partial charge in [0.2, 0.25) is 0 Å². The Hall–Kier alpha value is -1.86. The van der Waals surface area contributed by atoms with Crippen LogP contribution >= 0.6 is 11.6 Å². The number of amides is 1. The standard InChI is InChI=1S/C12H15ClN4O3/c1-6-7(2)15-11(13)9-10(6)17(20-12(14)18)8(16-9)4-5-19-3/h4-5H2,1-3H3,(H2,14,18). The average molecular weight is 299 g/mol. The minimum atomic E-state index is -0.923. The molecule has 108 valence electrons. The zero-order valence-electron chi connectivity index (χ0n) is 11.4. The summed E-state index contributed by atoms with van der Waals surface area (Å²) in [6.45, 7) is 4.09. The van der Waals surface area contributed by atoms with Crippen molar-refractivity contribution in [3.8, 4) is 0 Å². The number of pyridine rings is 1. The highest BCUT2D eigenvalue weighted by atomic mass is 35.5. The molecule has 0 atom stereocenters. The SMILES string of the molecule is COCCc1nc2c(Cl)nc(C)c(C)c2n1OC(N)=O. The summed E-state index contributed by atoms with van der Waals surface area (Å²) in [5, 5.41) is 0.258. The minimum Gasteiger partial charge on any atom is -0.384 e. The number of hydrogen-bond donors (Lipinski definition) is 1. The third-order valence-electron chi connectivity index (χ3n) is 2.97. The molecule has 0 aliphatic rings. The van der Waals surface area contributed by atoms with Crippen molar-refractivity contribution >= 4 is 28.7 Å². The highest BCUT2D eigenvalue weighted by Gasteiger charge is 2.20. The third-order valence-corrected chi connectivity index (χ3v) is 3.24. The summed E-state index contributed by atoms with van der Waals surface area (Å²) in [5.74, 6) is 0.498. The molecule has 0 aromatic carbocycles. The van der Waals surface area contributed by atoms with Crippen molar-refractivity contribution in [2.24, 2.45) is 5.73 Å². The van der Waals surface area contributed by atoms with Crippen molar-refractivity contribution in [2.75, 3.05) is 13.7 Å². The Labute approximate surface area is 120 Å². The maximum Gasteiger partial charge on any atom is 0.429 e. The van der Waals surface area contributed by atoms with Crippen LogP contribution < -0.4 is 10.6 Å². The van der Waals surface area contributed by atoms with E-state index in [1.807, 2.05) is 13.8 Å². The second-order valence-electron chi connectivity index (χ2n) is 4.29. The molecule has 2 heterocycles. The predicted molar refractivity (Wildman–Crippen MR) is 73.8 cm³/mol. The Morgan fingerprint density at radius 3 is 2.70 bits per heavy atom. The lowest BCUT2D eigenvalue weighted by molar-refractivity contribution is 0.139. The molecular weight excluding hydrogens is 284 g/mol. The zero-order valence-corrected chi connectivity index (χ0v) is 12.2. The molecule has 2 aromatic heterocycles. The molecule has 2 N–H and O–H groups in total. The largest absolute Gasteiger partial charge is 0.429 e. The zero-order chi connectivity index (χ0) is 14.9. The highest BCUT2D eigenvalue weighted by molar-refractivity contribution is 6.33. The smallest absolute Gasteiger partial charge is 0.384 e. The lowest BCUT2D eigenvalue weighted by atomic mass is 10.2. The first-order valence-corrected chi connectivity index (χ1v) is 6.34. The van der Waals surface area contributed by atoms with E-state index in [4.69, 9.17) is 26.9 Å². The summed E-state index contributed by atoms with van der Waals surface area (Å²) in [6.07, 6.45) is -0.472. The molecule has 2 rings (SSSR count). The maximum absolute atomic E-state index is 11.1. The summed E-state index contributed by atoms with van der Waals surface area (Å²) in [6, 6.07) is 0. The van der Waals surface area contributed by atoms with Crippen molar-refractivity contribution in [1.29, 1.82) is 0 Å². The first-order chi connectivity index (χ1) is 9.45. The summed E-state index contributed by atoms with van der Waals surface area (Å²) >= 11 is 6.10. The van der Waals surface area contributed by atoms with Gasteiger partial charge in [0.1, 0.15) is 16.9 Å². The van der Waals surface area contributed by atoms with Gasteiger partial charge in [0.15, 0.2) is 5.15 Å². The van der Waals surface area contributed by atoms with E-state index in [-0.39, 0.29) is 5.15 Å². The summed E-state index contributed by atoms with van der Waals surface area (Å²) in [5.41, 5.74) is 7.73. The monoisotopic (exact) mass is 298 g/mol. The number of hydrogen-bond acceptors (Lipinski definition) is 5. The van der Waals surface area contributed by atoms with Crippen molar-refractivity contribution in [3.05, 3.63) is 22.2 Å². The number of rotatable bonds is 4. The molecule has 0 fully saturated rings. The molecule has 20 heavy (non-hydrogen) atoms. The van der Waals surface area contributed by atoms with Crippen LogP contribution in [0.3, 0.4) is 0 Å². The van der Waals surface area contributed by atoms with Crippen molar-refractivity contribution in [3.63, 3.8) is 0 Å². The number of carbonyl (C=O) groups is 1. The highest BCUT2D eigenvalue weighted by Crippen LogP contribution is 2.26. The number of aromatic nitrogens is 3. The van der Waals surface area contributed by atoms with E-state index in [0.717, 1.165) is 11.3 Å². The van der Waals surface area contributed by atoms with Gasteiger partial charge in [0.25, 0.3) is 0 Å². The average Bonchev–Trinajstić information content (AvgIpc) is 2.72. The van der Waals surface area contributed by atoms with E-state index in [0.29, 0.717) is 29.9 Å². The Balaban J connectivity index is 2.69. The van der Waals surface area contributed by atoms with Gasteiger partial charge in [0.05, 0.1) is 6.61 Å². The first kappa shape index (κ1) is 14.5. The van der Waals surface area contributed by atoms with Gasteiger partial charge in [-0.3, -0.25) is 0 Å². The number of methoxy groups -OCH3 is 1. The molecule has 8 heteroatoms. The van der Waals surface area contributed by atoms with E-state index in [9.17, 15) is 4.79 Å². The Bertz CT molecular complexity index is 669. The molecule has 0 saturated heterocycles. The molecule has 0 radical (unpaired) electrons. The minimum absolute atomic E-state index is 0.258. The molecule has 0 unspecified atom stereocenters. The number of primary amides is 1. The van der Waals surface area contributed by atoms with Gasteiger partial charge in [-0.15, -0.1) is 0 Å². The maximum atomic E-state index is 11.1. The van der Waals surface area contributed by atoms with E-state index in [1.165, 1.54) is 4.73 Å². The van der Waals surface area contributed by atoms with E-state index >= 15 is 0 Å². The summed E-state index contributed by atoms with van der Waals surface area (Å²) in [7, 11) is 1.58. The van der Waals surface area contributed by atoms with Crippen LogP contribution in [0.5, 0.6) is 0 Å². The van der Waals surface area contributed by atoms with Crippen LogP contribution in [0.15, 0.2) is 0 Å². The number of carbonyl (C=O) groups excluding carboxylic acids is 1. The van der Waals surface area contributed by atoms with Crippen LogP contribution in [0.4, 0.5) is 4.79 Å². The topological polar surface area (TPSA) is 92.3 Å². The number of nitrogens with two attached hydrogens (primary N) is 1. The first-order valence-electron chi connectivity index (χ1n) is 5.96. The molecule has 0 aliphatic carbocycles. The van der Waals surface area contributed by atoms with E-state index < -0.39 is 6.09 Å². The predicted octanol–water partition coefficient (Wildman–Crippen LogP) is 1.40. The van der Waals surface area contributed by atoms with E-state index in [1.54, 1.807) is 7.11 Å². The lowest BCUT2D eigenvalue weighted by Gasteiger charge is -2.09. The molecule has 1 amide bonds. The van der Waals surface area contributed by atoms with Gasteiger partial charge in [-0.2, -0.15) is 4.73 Å². The van der Waals surface area contributed by atoms with Crippen LogP contribution in [0.25, 0.3) is 11.0 Å². The fraction of sp³-hybridized carbons (Fsp3) is 0.417. The number of halogens is 1.